The van der Waals surface area contributed by atoms with E-state index in [9.17, 15) is 9.59 Å². The molecular weight excluding hydrogens is 298 g/mol. The van der Waals surface area contributed by atoms with Crippen LogP contribution in [0.25, 0.3) is 0 Å². The Bertz CT molecular complexity index is 605. The summed E-state index contributed by atoms with van der Waals surface area (Å²) in [7, 11) is 1.52. The standard InChI is InChI=1S/C16H21N3O4/c1-17-16(21)18-10-15(20)19-6-2-3-12(19)11-4-5-13-14(9-11)23-8-7-22-13/h4-5,9,12H,2-3,6-8,10H2,1H3,(H2,17,18,21). The molecule has 0 bridgehead atoms. The van der Waals surface area contributed by atoms with Crippen LogP contribution >= 0.6 is 0 Å². The summed E-state index contributed by atoms with van der Waals surface area (Å²) >= 11 is 0. The number of carbonyl (C=O) groups is 2. The number of amides is 3. The highest BCUT2D eigenvalue weighted by molar-refractivity contribution is 5.84. The van der Waals surface area contributed by atoms with Crippen LogP contribution in [-0.2, 0) is 4.79 Å². The summed E-state index contributed by atoms with van der Waals surface area (Å²) in [6.07, 6.45) is 1.86. The summed E-state index contributed by atoms with van der Waals surface area (Å²) < 4.78 is 11.2. The molecule has 124 valence electrons. The Morgan fingerprint density at radius 2 is 2.04 bits per heavy atom. The van der Waals surface area contributed by atoms with Crippen LogP contribution in [0.3, 0.4) is 0 Å². The van der Waals surface area contributed by atoms with E-state index in [0.29, 0.717) is 19.8 Å². The second-order valence-electron chi connectivity index (χ2n) is 5.58. The predicted octanol–water partition coefficient (Wildman–Crippen LogP) is 1.05. The minimum atomic E-state index is -0.353. The van der Waals surface area contributed by atoms with Crippen molar-refractivity contribution in [3.63, 3.8) is 0 Å². The fourth-order valence-corrected chi connectivity index (χ4v) is 3.02. The smallest absolute Gasteiger partial charge is 0.314 e. The molecule has 0 saturated carbocycles. The fraction of sp³-hybridized carbons (Fsp3) is 0.500. The van der Waals surface area contributed by atoms with E-state index in [1.54, 1.807) is 0 Å². The van der Waals surface area contributed by atoms with Crippen LogP contribution in [-0.4, -0.2) is 50.2 Å². The second kappa shape index (κ2) is 6.76. The van der Waals surface area contributed by atoms with E-state index < -0.39 is 0 Å². The first-order valence-electron chi connectivity index (χ1n) is 7.83. The first kappa shape index (κ1) is 15.5. The largest absolute Gasteiger partial charge is 0.486 e. The number of urea groups is 1. The third-order valence-corrected chi connectivity index (χ3v) is 4.15. The van der Waals surface area contributed by atoms with Crippen molar-refractivity contribution in [1.82, 2.24) is 15.5 Å². The van der Waals surface area contributed by atoms with Gasteiger partial charge in [0.2, 0.25) is 5.91 Å². The number of hydrogen-bond donors (Lipinski definition) is 2. The molecule has 1 saturated heterocycles. The van der Waals surface area contributed by atoms with E-state index in [-0.39, 0.29) is 24.5 Å². The Balaban J connectivity index is 1.71. The van der Waals surface area contributed by atoms with E-state index in [4.69, 9.17) is 9.47 Å². The number of nitrogens with zero attached hydrogens (tertiary/aromatic N) is 1. The van der Waals surface area contributed by atoms with Gasteiger partial charge in [-0.1, -0.05) is 6.07 Å². The molecule has 7 nitrogen and oxygen atoms in total. The highest BCUT2D eigenvalue weighted by Crippen LogP contribution is 2.37. The quantitative estimate of drug-likeness (QED) is 0.873. The molecule has 2 N–H and O–H groups in total. The van der Waals surface area contributed by atoms with E-state index in [1.165, 1.54) is 7.05 Å². The number of hydrogen-bond acceptors (Lipinski definition) is 4. The number of nitrogens with one attached hydrogen (secondary N) is 2. The zero-order valence-corrected chi connectivity index (χ0v) is 13.1. The van der Waals surface area contributed by atoms with Gasteiger partial charge in [0.25, 0.3) is 0 Å². The monoisotopic (exact) mass is 319 g/mol. The first-order chi connectivity index (χ1) is 11.2. The van der Waals surface area contributed by atoms with Gasteiger partial charge in [-0.05, 0) is 30.5 Å². The molecule has 3 rings (SSSR count). The SMILES string of the molecule is CNC(=O)NCC(=O)N1CCCC1c1ccc2c(c1)OCCO2. The molecule has 0 aromatic heterocycles. The highest BCUT2D eigenvalue weighted by Gasteiger charge is 2.30. The maximum atomic E-state index is 12.4. The van der Waals surface area contributed by atoms with Gasteiger partial charge in [0.1, 0.15) is 13.2 Å². The lowest BCUT2D eigenvalue weighted by Crippen LogP contribution is -2.42. The Kier molecular flexibility index (Phi) is 4.55. The molecule has 0 spiro atoms. The summed E-state index contributed by atoms with van der Waals surface area (Å²) in [5.41, 5.74) is 1.04. The van der Waals surface area contributed by atoms with Crippen molar-refractivity contribution in [1.29, 1.82) is 0 Å². The number of carbonyl (C=O) groups excluding carboxylic acids is 2. The Labute approximate surface area is 134 Å². The maximum Gasteiger partial charge on any atom is 0.314 e. The van der Waals surface area contributed by atoms with Crippen molar-refractivity contribution in [2.45, 2.75) is 18.9 Å². The zero-order valence-electron chi connectivity index (χ0n) is 13.1. The number of benzene rings is 1. The predicted molar refractivity (Wildman–Crippen MR) is 83.6 cm³/mol. The number of likely N-dealkylation sites (tertiary alicyclic amines) is 1. The minimum absolute atomic E-state index is 0.000719. The van der Waals surface area contributed by atoms with Crippen molar-refractivity contribution < 1.29 is 19.1 Å². The van der Waals surface area contributed by atoms with E-state index >= 15 is 0 Å². The Hall–Kier alpha value is -2.44. The average Bonchev–Trinajstić information content (AvgIpc) is 3.08. The summed E-state index contributed by atoms with van der Waals surface area (Å²) in [4.78, 5) is 25.4. The number of rotatable bonds is 3. The summed E-state index contributed by atoms with van der Waals surface area (Å²) in [5, 5.41) is 4.98. The van der Waals surface area contributed by atoms with Crippen LogP contribution < -0.4 is 20.1 Å². The van der Waals surface area contributed by atoms with Crippen molar-refractivity contribution >= 4 is 11.9 Å². The molecule has 1 atom stereocenters. The Morgan fingerprint density at radius 1 is 1.26 bits per heavy atom. The van der Waals surface area contributed by atoms with Gasteiger partial charge < -0.3 is 25.0 Å². The fourth-order valence-electron chi connectivity index (χ4n) is 3.02. The molecule has 3 amide bonds. The summed E-state index contributed by atoms with van der Waals surface area (Å²) in [6, 6.07) is 5.50. The molecular formula is C16H21N3O4. The van der Waals surface area contributed by atoms with Gasteiger partial charge in [0.15, 0.2) is 11.5 Å². The normalized spacial score (nSPS) is 19.3. The van der Waals surface area contributed by atoms with E-state index in [1.807, 2.05) is 23.1 Å². The maximum absolute atomic E-state index is 12.4. The highest BCUT2D eigenvalue weighted by atomic mass is 16.6. The lowest BCUT2D eigenvalue weighted by molar-refractivity contribution is -0.131. The van der Waals surface area contributed by atoms with Gasteiger partial charge in [-0.25, -0.2) is 4.79 Å². The lowest BCUT2D eigenvalue weighted by Gasteiger charge is -2.27. The van der Waals surface area contributed by atoms with E-state index in [2.05, 4.69) is 10.6 Å². The molecule has 0 aliphatic carbocycles. The van der Waals surface area contributed by atoms with Gasteiger partial charge in [-0.3, -0.25) is 4.79 Å². The number of fused-ring (bicyclic) bond motifs is 1. The lowest BCUT2D eigenvalue weighted by atomic mass is 10.0. The van der Waals surface area contributed by atoms with Crippen LogP contribution in [0, 0.1) is 0 Å². The van der Waals surface area contributed by atoms with Crippen molar-refractivity contribution in [3.8, 4) is 11.5 Å². The first-order valence-corrected chi connectivity index (χ1v) is 7.83. The van der Waals surface area contributed by atoms with Crippen LogP contribution in [0.5, 0.6) is 11.5 Å². The zero-order chi connectivity index (χ0) is 16.2. The molecule has 2 aliphatic heterocycles. The molecule has 1 aromatic carbocycles. The minimum Gasteiger partial charge on any atom is -0.486 e. The second-order valence-corrected chi connectivity index (χ2v) is 5.58. The van der Waals surface area contributed by atoms with Gasteiger partial charge in [0, 0.05) is 13.6 Å². The molecule has 0 radical (unpaired) electrons. The van der Waals surface area contributed by atoms with Gasteiger partial charge >= 0.3 is 6.03 Å². The van der Waals surface area contributed by atoms with Crippen LogP contribution in [0.15, 0.2) is 18.2 Å². The molecule has 2 heterocycles. The molecule has 1 aromatic rings. The third kappa shape index (κ3) is 3.33. The van der Waals surface area contributed by atoms with Gasteiger partial charge in [-0.2, -0.15) is 0 Å². The third-order valence-electron chi connectivity index (χ3n) is 4.15. The summed E-state index contributed by atoms with van der Waals surface area (Å²) in [6.45, 7) is 1.81. The van der Waals surface area contributed by atoms with Crippen molar-refractivity contribution in [2.24, 2.45) is 0 Å². The molecule has 2 aliphatic rings. The molecule has 1 fully saturated rings. The number of ether oxygens (including phenoxy) is 2. The van der Waals surface area contributed by atoms with Crippen molar-refractivity contribution in [2.75, 3.05) is 33.4 Å². The van der Waals surface area contributed by atoms with Crippen molar-refractivity contribution in [3.05, 3.63) is 23.8 Å². The molecule has 23 heavy (non-hydrogen) atoms. The van der Waals surface area contributed by atoms with Crippen LogP contribution in [0.1, 0.15) is 24.4 Å². The van der Waals surface area contributed by atoms with E-state index in [0.717, 1.165) is 29.9 Å². The molecule has 7 heteroatoms. The summed E-state index contributed by atoms with van der Waals surface area (Å²) in [5.74, 6) is 1.40. The Morgan fingerprint density at radius 3 is 2.83 bits per heavy atom. The van der Waals surface area contributed by atoms with Gasteiger partial charge in [-0.15, -0.1) is 0 Å². The average molecular weight is 319 g/mol. The van der Waals surface area contributed by atoms with Crippen LogP contribution in [0.4, 0.5) is 4.79 Å². The topological polar surface area (TPSA) is 79.9 Å². The van der Waals surface area contributed by atoms with Gasteiger partial charge in [0.05, 0.1) is 12.6 Å². The molecule has 1 unspecified atom stereocenters. The van der Waals surface area contributed by atoms with Crippen LogP contribution in [0.2, 0.25) is 0 Å².